The zero-order valence-corrected chi connectivity index (χ0v) is 18.1. The summed E-state index contributed by atoms with van der Waals surface area (Å²) in [6, 6.07) is 24.9. The third-order valence-electron chi connectivity index (χ3n) is 4.18. The molecule has 3 aromatic carbocycles. The van der Waals surface area contributed by atoms with Gasteiger partial charge in [-0.15, -0.1) is 0 Å². The van der Waals surface area contributed by atoms with Gasteiger partial charge in [-0.1, -0.05) is 58.4 Å². The largest absolute Gasteiger partial charge is 0.491 e. The van der Waals surface area contributed by atoms with Gasteiger partial charge in [0.25, 0.3) is 5.91 Å². The molecule has 0 saturated carbocycles. The van der Waals surface area contributed by atoms with Crippen molar-refractivity contribution in [1.29, 1.82) is 0 Å². The Morgan fingerprint density at radius 1 is 0.931 bits per heavy atom. The van der Waals surface area contributed by atoms with Crippen molar-refractivity contribution in [2.45, 2.75) is 12.8 Å². The summed E-state index contributed by atoms with van der Waals surface area (Å²) in [5.74, 6) is 0.428. The predicted molar refractivity (Wildman–Crippen MR) is 125 cm³/mol. The van der Waals surface area contributed by atoms with Gasteiger partial charge in [0.2, 0.25) is 0 Å². The second-order valence-corrected chi connectivity index (χ2v) is 7.67. The zero-order valence-electron chi connectivity index (χ0n) is 15.7. The number of para-hydroxylation sites is 2. The fourth-order valence-corrected chi connectivity index (χ4v) is 3.20. The number of aryl methyl sites for hydroxylation is 1. The van der Waals surface area contributed by atoms with Gasteiger partial charge in [0.05, 0.1) is 12.3 Å². The summed E-state index contributed by atoms with van der Waals surface area (Å²) in [5, 5.41) is 5.96. The molecule has 4 nitrogen and oxygen atoms in total. The molecule has 0 unspecified atom stereocenters. The van der Waals surface area contributed by atoms with Crippen LogP contribution in [0.25, 0.3) is 0 Å². The number of thiocarbonyl (C=S) groups is 1. The number of hydrogen-bond donors (Lipinski definition) is 2. The highest BCUT2D eigenvalue weighted by Crippen LogP contribution is 2.24. The number of hydrogen-bond acceptors (Lipinski definition) is 3. The average molecular weight is 469 g/mol. The van der Waals surface area contributed by atoms with Gasteiger partial charge in [0.15, 0.2) is 5.11 Å². The van der Waals surface area contributed by atoms with Crippen LogP contribution in [0.3, 0.4) is 0 Å². The SMILES string of the molecule is O=C(NC(=S)Nc1ccccc1OCCCc1ccccc1)c1ccc(Br)cc1. The van der Waals surface area contributed by atoms with Crippen molar-refractivity contribution in [2.24, 2.45) is 0 Å². The Kier molecular flexibility index (Phi) is 7.78. The van der Waals surface area contributed by atoms with Crippen LogP contribution in [0.1, 0.15) is 22.3 Å². The first kappa shape index (κ1) is 21.0. The minimum atomic E-state index is -0.267. The second kappa shape index (κ2) is 10.7. The summed E-state index contributed by atoms with van der Waals surface area (Å²) in [6.45, 7) is 0.589. The summed E-state index contributed by atoms with van der Waals surface area (Å²) in [6.07, 6.45) is 1.86. The third-order valence-corrected chi connectivity index (χ3v) is 4.91. The molecule has 0 spiro atoms. The Labute approximate surface area is 184 Å². The van der Waals surface area contributed by atoms with Gasteiger partial charge in [-0.3, -0.25) is 10.1 Å². The summed E-state index contributed by atoms with van der Waals surface area (Å²) in [4.78, 5) is 12.3. The van der Waals surface area contributed by atoms with E-state index >= 15 is 0 Å². The number of amides is 1. The topological polar surface area (TPSA) is 50.4 Å². The van der Waals surface area contributed by atoms with Crippen LogP contribution in [-0.2, 0) is 6.42 Å². The molecule has 0 saturated heterocycles. The van der Waals surface area contributed by atoms with Gasteiger partial charge >= 0.3 is 0 Å². The molecule has 0 atom stereocenters. The lowest BCUT2D eigenvalue weighted by molar-refractivity contribution is 0.0977. The average Bonchev–Trinajstić information content (AvgIpc) is 2.73. The van der Waals surface area contributed by atoms with Gasteiger partial charge in [-0.2, -0.15) is 0 Å². The van der Waals surface area contributed by atoms with Gasteiger partial charge in [-0.25, -0.2) is 0 Å². The normalized spacial score (nSPS) is 10.2. The first-order valence-electron chi connectivity index (χ1n) is 9.25. The van der Waals surface area contributed by atoms with Crippen molar-refractivity contribution in [3.63, 3.8) is 0 Å². The predicted octanol–water partition coefficient (Wildman–Crippen LogP) is 5.59. The van der Waals surface area contributed by atoms with E-state index in [-0.39, 0.29) is 11.0 Å². The van der Waals surface area contributed by atoms with E-state index in [0.717, 1.165) is 17.3 Å². The molecule has 2 N–H and O–H groups in total. The standard InChI is InChI=1S/C23H21BrN2O2S/c24-19-14-12-18(13-15-19)22(27)26-23(29)25-20-10-4-5-11-21(20)28-16-6-9-17-7-2-1-3-8-17/h1-5,7-8,10-15H,6,9,16H2,(H2,25,26,27,29). The van der Waals surface area contributed by atoms with Crippen LogP contribution in [0.15, 0.2) is 83.3 Å². The molecule has 29 heavy (non-hydrogen) atoms. The van der Waals surface area contributed by atoms with Gasteiger partial charge in [-0.05, 0) is 67.0 Å². The Bertz CT molecular complexity index is 962. The lowest BCUT2D eigenvalue weighted by Gasteiger charge is -2.14. The van der Waals surface area contributed by atoms with Crippen LogP contribution >= 0.6 is 28.1 Å². The van der Waals surface area contributed by atoms with E-state index in [0.29, 0.717) is 23.6 Å². The minimum absolute atomic E-state index is 0.221. The number of benzene rings is 3. The molecule has 0 aliphatic carbocycles. The summed E-state index contributed by atoms with van der Waals surface area (Å²) < 4.78 is 6.83. The van der Waals surface area contributed by atoms with Crippen LogP contribution in [0.4, 0.5) is 5.69 Å². The van der Waals surface area contributed by atoms with E-state index in [9.17, 15) is 4.79 Å². The highest BCUT2D eigenvalue weighted by Gasteiger charge is 2.10. The van der Waals surface area contributed by atoms with Crippen molar-refractivity contribution >= 4 is 44.9 Å². The molecular formula is C23H21BrN2O2S. The van der Waals surface area contributed by atoms with Crippen LogP contribution in [0.2, 0.25) is 0 Å². The molecule has 3 aromatic rings. The quantitative estimate of drug-likeness (QED) is 0.350. The second-order valence-electron chi connectivity index (χ2n) is 6.35. The minimum Gasteiger partial charge on any atom is -0.491 e. The van der Waals surface area contributed by atoms with Crippen molar-refractivity contribution < 1.29 is 9.53 Å². The number of halogens is 1. The molecule has 0 fully saturated rings. The van der Waals surface area contributed by atoms with Crippen LogP contribution in [0, 0.1) is 0 Å². The maximum absolute atomic E-state index is 12.3. The lowest BCUT2D eigenvalue weighted by atomic mass is 10.1. The van der Waals surface area contributed by atoms with Gasteiger partial charge in [0, 0.05) is 10.0 Å². The van der Waals surface area contributed by atoms with Crippen LogP contribution in [-0.4, -0.2) is 17.6 Å². The fraction of sp³-hybridized carbons (Fsp3) is 0.130. The molecule has 3 rings (SSSR count). The van der Waals surface area contributed by atoms with Crippen LogP contribution < -0.4 is 15.4 Å². The number of nitrogens with one attached hydrogen (secondary N) is 2. The zero-order chi connectivity index (χ0) is 20.5. The maximum Gasteiger partial charge on any atom is 0.257 e. The number of ether oxygens (including phenoxy) is 1. The van der Waals surface area contributed by atoms with Crippen LogP contribution in [0.5, 0.6) is 5.75 Å². The molecule has 0 aliphatic heterocycles. The molecule has 1 amide bonds. The molecule has 6 heteroatoms. The van der Waals surface area contributed by atoms with E-state index in [1.54, 1.807) is 12.1 Å². The third kappa shape index (κ3) is 6.69. The Morgan fingerprint density at radius 3 is 2.38 bits per heavy atom. The molecule has 0 aliphatic rings. The Morgan fingerprint density at radius 2 is 1.62 bits per heavy atom. The van der Waals surface area contributed by atoms with Gasteiger partial charge < -0.3 is 10.1 Å². The van der Waals surface area contributed by atoms with E-state index in [1.165, 1.54) is 5.56 Å². The molecular weight excluding hydrogens is 448 g/mol. The summed E-state index contributed by atoms with van der Waals surface area (Å²) in [5.41, 5.74) is 2.54. The number of anilines is 1. The molecule has 0 radical (unpaired) electrons. The van der Waals surface area contributed by atoms with Crippen molar-refractivity contribution in [3.05, 3.63) is 94.5 Å². The van der Waals surface area contributed by atoms with Crippen molar-refractivity contribution in [2.75, 3.05) is 11.9 Å². The Hall–Kier alpha value is -2.70. The van der Waals surface area contributed by atoms with E-state index < -0.39 is 0 Å². The van der Waals surface area contributed by atoms with E-state index in [4.69, 9.17) is 17.0 Å². The number of carbonyl (C=O) groups excluding carboxylic acids is 1. The highest BCUT2D eigenvalue weighted by atomic mass is 79.9. The number of rotatable bonds is 7. The Balaban J connectivity index is 1.52. The van der Waals surface area contributed by atoms with Crippen molar-refractivity contribution in [1.82, 2.24) is 5.32 Å². The van der Waals surface area contributed by atoms with Gasteiger partial charge in [0.1, 0.15) is 5.75 Å². The molecule has 0 bridgehead atoms. The maximum atomic E-state index is 12.3. The highest BCUT2D eigenvalue weighted by molar-refractivity contribution is 9.10. The lowest BCUT2D eigenvalue weighted by Crippen LogP contribution is -2.34. The fourth-order valence-electron chi connectivity index (χ4n) is 2.73. The van der Waals surface area contributed by atoms with E-state index in [1.807, 2.05) is 54.6 Å². The molecule has 148 valence electrons. The summed E-state index contributed by atoms with van der Waals surface area (Å²) >= 11 is 8.64. The van der Waals surface area contributed by atoms with E-state index in [2.05, 4.69) is 38.7 Å². The number of carbonyl (C=O) groups is 1. The monoisotopic (exact) mass is 468 g/mol. The van der Waals surface area contributed by atoms with Crippen molar-refractivity contribution in [3.8, 4) is 5.75 Å². The first-order valence-corrected chi connectivity index (χ1v) is 10.5. The summed E-state index contributed by atoms with van der Waals surface area (Å²) in [7, 11) is 0. The smallest absolute Gasteiger partial charge is 0.257 e. The molecule has 0 heterocycles. The molecule has 0 aromatic heterocycles. The first-order chi connectivity index (χ1) is 14.1.